The van der Waals surface area contributed by atoms with Gasteiger partial charge in [0, 0.05) is 37.7 Å². The molecule has 3 aromatic rings. The quantitative estimate of drug-likeness (QED) is 0.795. The van der Waals surface area contributed by atoms with Gasteiger partial charge < -0.3 is 10.5 Å². The highest BCUT2D eigenvalue weighted by Gasteiger charge is 2.25. The van der Waals surface area contributed by atoms with Crippen molar-refractivity contribution in [3.05, 3.63) is 48.4 Å². The van der Waals surface area contributed by atoms with Crippen LogP contribution in [0.2, 0.25) is 0 Å². The number of rotatable bonds is 3. The Morgan fingerprint density at radius 2 is 1.96 bits per heavy atom. The first-order valence-corrected chi connectivity index (χ1v) is 8.66. The Bertz CT molecular complexity index is 866. The first-order valence-electron chi connectivity index (χ1n) is 8.66. The van der Waals surface area contributed by atoms with Gasteiger partial charge in [0.05, 0.1) is 23.6 Å². The van der Waals surface area contributed by atoms with Crippen LogP contribution >= 0.6 is 0 Å². The minimum absolute atomic E-state index is 0.228. The van der Waals surface area contributed by atoms with Gasteiger partial charge in [-0.1, -0.05) is 6.07 Å². The van der Waals surface area contributed by atoms with Crippen molar-refractivity contribution >= 4 is 11.3 Å². The van der Waals surface area contributed by atoms with E-state index in [0.717, 1.165) is 48.1 Å². The summed E-state index contributed by atoms with van der Waals surface area (Å²) in [6, 6.07) is 9.74. The first-order chi connectivity index (χ1) is 12.1. The van der Waals surface area contributed by atoms with Gasteiger partial charge in [0.1, 0.15) is 11.3 Å². The number of fused-ring (bicyclic) bond motifs is 1. The molecule has 130 valence electrons. The van der Waals surface area contributed by atoms with Crippen molar-refractivity contribution in [2.24, 2.45) is 0 Å². The van der Waals surface area contributed by atoms with Gasteiger partial charge in [-0.3, -0.25) is 14.3 Å². The number of morpholine rings is 1. The van der Waals surface area contributed by atoms with Crippen molar-refractivity contribution < 1.29 is 4.74 Å². The molecule has 0 amide bonds. The lowest BCUT2D eigenvalue weighted by atomic mass is 10.2. The molecule has 1 saturated heterocycles. The second-order valence-corrected chi connectivity index (χ2v) is 6.76. The van der Waals surface area contributed by atoms with E-state index in [2.05, 4.69) is 28.1 Å². The Labute approximate surface area is 147 Å². The summed E-state index contributed by atoms with van der Waals surface area (Å²) < 4.78 is 7.95. The van der Waals surface area contributed by atoms with E-state index >= 15 is 0 Å². The van der Waals surface area contributed by atoms with Crippen molar-refractivity contribution in [2.75, 3.05) is 18.8 Å². The molecule has 0 saturated carbocycles. The number of nitrogens with two attached hydrogens (primary N) is 1. The molecule has 4 rings (SSSR count). The van der Waals surface area contributed by atoms with Crippen molar-refractivity contribution in [1.82, 2.24) is 19.3 Å². The molecule has 0 aliphatic carbocycles. The average Bonchev–Trinajstić information content (AvgIpc) is 2.93. The molecule has 0 aromatic carbocycles. The molecule has 4 heterocycles. The Morgan fingerprint density at radius 3 is 2.68 bits per heavy atom. The largest absolute Gasteiger partial charge is 0.398 e. The number of pyridine rings is 2. The molecule has 6 heteroatoms. The van der Waals surface area contributed by atoms with Crippen molar-refractivity contribution in [2.45, 2.75) is 32.6 Å². The highest BCUT2D eigenvalue weighted by molar-refractivity contribution is 5.64. The van der Waals surface area contributed by atoms with Gasteiger partial charge in [0.15, 0.2) is 0 Å². The maximum absolute atomic E-state index is 6.02. The van der Waals surface area contributed by atoms with Gasteiger partial charge in [0.25, 0.3) is 0 Å². The minimum atomic E-state index is 0.228. The number of nitrogens with zero attached hydrogens (tertiary/aromatic N) is 4. The lowest BCUT2D eigenvalue weighted by Gasteiger charge is -2.35. The molecule has 1 aliphatic rings. The van der Waals surface area contributed by atoms with Crippen LogP contribution in [0.4, 0.5) is 5.69 Å². The monoisotopic (exact) mass is 337 g/mol. The molecule has 6 nitrogen and oxygen atoms in total. The standard InChI is InChI=1S/C19H23N5O/c1-13-9-23(10-14(2)25-13)12-17-19(16-5-3-4-8-21-16)22-18-7-6-15(20)11-24(17)18/h3-8,11,13-14H,9-10,12,20H2,1-2H3. The average molecular weight is 337 g/mol. The van der Waals surface area contributed by atoms with Crippen LogP contribution in [0.25, 0.3) is 17.0 Å². The van der Waals surface area contributed by atoms with Crippen molar-refractivity contribution in [1.29, 1.82) is 0 Å². The Hall–Kier alpha value is -2.44. The second kappa shape index (κ2) is 6.46. The van der Waals surface area contributed by atoms with Crippen LogP contribution in [0.15, 0.2) is 42.7 Å². The Balaban J connectivity index is 1.78. The molecule has 3 aromatic heterocycles. The number of aromatic nitrogens is 3. The Morgan fingerprint density at radius 1 is 1.16 bits per heavy atom. The lowest BCUT2D eigenvalue weighted by molar-refractivity contribution is -0.0707. The van der Waals surface area contributed by atoms with E-state index in [-0.39, 0.29) is 12.2 Å². The van der Waals surface area contributed by atoms with E-state index in [1.165, 1.54) is 0 Å². The normalized spacial score (nSPS) is 21.7. The van der Waals surface area contributed by atoms with E-state index in [1.807, 2.05) is 36.5 Å². The van der Waals surface area contributed by atoms with Crippen LogP contribution in [-0.4, -0.2) is 44.6 Å². The first kappa shape index (κ1) is 16.1. The number of nitrogen functional groups attached to an aromatic ring is 1. The lowest BCUT2D eigenvalue weighted by Crippen LogP contribution is -2.45. The summed E-state index contributed by atoms with van der Waals surface area (Å²) in [4.78, 5) is 11.7. The molecule has 2 N–H and O–H groups in total. The maximum Gasteiger partial charge on any atom is 0.137 e. The van der Waals surface area contributed by atoms with Crippen molar-refractivity contribution in [3.63, 3.8) is 0 Å². The van der Waals surface area contributed by atoms with Crippen LogP contribution in [0, 0.1) is 0 Å². The van der Waals surface area contributed by atoms with E-state index in [4.69, 9.17) is 15.5 Å². The summed E-state index contributed by atoms with van der Waals surface area (Å²) >= 11 is 0. The molecule has 0 radical (unpaired) electrons. The van der Waals surface area contributed by atoms with Crippen LogP contribution in [0.3, 0.4) is 0 Å². The molecule has 1 aliphatic heterocycles. The third-order valence-corrected chi connectivity index (χ3v) is 4.52. The van der Waals surface area contributed by atoms with E-state index in [9.17, 15) is 0 Å². The van der Waals surface area contributed by atoms with Crippen LogP contribution in [0.5, 0.6) is 0 Å². The summed E-state index contributed by atoms with van der Waals surface area (Å²) in [6.45, 7) is 6.83. The van der Waals surface area contributed by atoms with E-state index in [0.29, 0.717) is 0 Å². The van der Waals surface area contributed by atoms with Gasteiger partial charge in [0.2, 0.25) is 0 Å². The topological polar surface area (TPSA) is 68.7 Å². The summed E-state index contributed by atoms with van der Waals surface area (Å²) in [5.41, 5.74) is 10.5. The van der Waals surface area contributed by atoms with E-state index in [1.54, 1.807) is 6.20 Å². The summed E-state index contributed by atoms with van der Waals surface area (Å²) in [5, 5.41) is 0. The molecule has 0 bridgehead atoms. The van der Waals surface area contributed by atoms with Gasteiger partial charge in [-0.2, -0.15) is 0 Å². The molecule has 1 fully saturated rings. The fourth-order valence-corrected chi connectivity index (χ4v) is 3.59. The molecule has 2 atom stereocenters. The summed E-state index contributed by atoms with van der Waals surface area (Å²) in [7, 11) is 0. The fourth-order valence-electron chi connectivity index (χ4n) is 3.59. The zero-order chi connectivity index (χ0) is 17.4. The molecule has 0 spiro atoms. The summed E-state index contributed by atoms with van der Waals surface area (Å²) in [6.07, 6.45) is 4.20. The fraction of sp³-hybridized carbons (Fsp3) is 0.368. The van der Waals surface area contributed by atoms with Crippen LogP contribution < -0.4 is 5.73 Å². The van der Waals surface area contributed by atoms with Gasteiger partial charge in [-0.15, -0.1) is 0 Å². The highest BCUT2D eigenvalue weighted by atomic mass is 16.5. The third kappa shape index (κ3) is 3.23. The SMILES string of the molecule is CC1CN(Cc2c(-c3ccccn3)nc3ccc(N)cn23)CC(C)O1. The Kier molecular flexibility index (Phi) is 4.15. The van der Waals surface area contributed by atoms with Crippen LogP contribution in [0.1, 0.15) is 19.5 Å². The zero-order valence-corrected chi connectivity index (χ0v) is 14.6. The number of imidazole rings is 1. The number of hydrogen-bond donors (Lipinski definition) is 1. The maximum atomic E-state index is 6.02. The van der Waals surface area contributed by atoms with E-state index < -0.39 is 0 Å². The molecule has 25 heavy (non-hydrogen) atoms. The zero-order valence-electron chi connectivity index (χ0n) is 14.6. The second-order valence-electron chi connectivity index (χ2n) is 6.76. The molecular formula is C19H23N5O. The number of anilines is 1. The summed E-state index contributed by atoms with van der Waals surface area (Å²) in [5.74, 6) is 0. The minimum Gasteiger partial charge on any atom is -0.398 e. The van der Waals surface area contributed by atoms with Gasteiger partial charge in [-0.25, -0.2) is 4.98 Å². The number of hydrogen-bond acceptors (Lipinski definition) is 5. The molecular weight excluding hydrogens is 314 g/mol. The predicted molar refractivity (Wildman–Crippen MR) is 98.1 cm³/mol. The van der Waals surface area contributed by atoms with Gasteiger partial charge in [-0.05, 0) is 38.1 Å². The highest BCUT2D eigenvalue weighted by Crippen LogP contribution is 2.26. The smallest absolute Gasteiger partial charge is 0.137 e. The third-order valence-electron chi connectivity index (χ3n) is 4.52. The van der Waals surface area contributed by atoms with Crippen LogP contribution in [-0.2, 0) is 11.3 Å². The molecule has 2 unspecified atom stereocenters. The van der Waals surface area contributed by atoms with Gasteiger partial charge >= 0.3 is 0 Å². The van der Waals surface area contributed by atoms with Crippen molar-refractivity contribution in [3.8, 4) is 11.4 Å². The predicted octanol–water partition coefficient (Wildman–Crippen LogP) is 2.59. The number of ether oxygens (including phenoxy) is 1.